The van der Waals surface area contributed by atoms with E-state index in [0.717, 1.165) is 52.9 Å². The molecule has 0 aliphatic heterocycles. The number of thiophene rings is 1. The van der Waals surface area contributed by atoms with Gasteiger partial charge in [-0.3, -0.25) is 9.59 Å². The van der Waals surface area contributed by atoms with Crippen molar-refractivity contribution in [2.24, 2.45) is 5.10 Å². The number of aryl methyl sites for hydroxylation is 1. The monoisotopic (exact) mass is 647 g/mol. The number of esters is 1. The van der Waals surface area contributed by atoms with Crippen molar-refractivity contribution in [3.63, 3.8) is 0 Å². The number of carbonyl (C=O) groups is 3. The minimum atomic E-state index is -0.973. The number of amides is 2. The van der Waals surface area contributed by atoms with Crippen molar-refractivity contribution < 1.29 is 23.9 Å². The van der Waals surface area contributed by atoms with Gasteiger partial charge in [0.1, 0.15) is 23.1 Å². The minimum Gasteiger partial charge on any atom is -0.489 e. The lowest BCUT2D eigenvalue weighted by Gasteiger charge is -2.12. The zero-order chi connectivity index (χ0) is 32.6. The van der Waals surface area contributed by atoms with Crippen LogP contribution in [0.3, 0.4) is 0 Å². The molecule has 0 bridgehead atoms. The van der Waals surface area contributed by atoms with Crippen LogP contribution >= 0.6 is 11.3 Å². The number of anilines is 1. The van der Waals surface area contributed by atoms with E-state index < -0.39 is 17.8 Å². The lowest BCUT2D eigenvalue weighted by Crippen LogP contribution is -2.32. The van der Waals surface area contributed by atoms with Crippen molar-refractivity contribution in [1.82, 2.24) is 15.2 Å². The molecule has 2 N–H and O–H groups in total. The van der Waals surface area contributed by atoms with Gasteiger partial charge < -0.3 is 14.8 Å². The van der Waals surface area contributed by atoms with Crippen LogP contribution in [0.5, 0.6) is 5.75 Å². The molecular weight excluding hydrogens is 614 g/mol. The van der Waals surface area contributed by atoms with E-state index in [4.69, 9.17) is 14.6 Å². The van der Waals surface area contributed by atoms with E-state index in [9.17, 15) is 14.4 Å². The maximum absolute atomic E-state index is 12.9. The Morgan fingerprint density at radius 3 is 2.40 bits per heavy atom. The largest absolute Gasteiger partial charge is 0.489 e. The van der Waals surface area contributed by atoms with E-state index >= 15 is 0 Å². The van der Waals surface area contributed by atoms with Crippen molar-refractivity contribution in [3.8, 4) is 22.7 Å². The highest BCUT2D eigenvalue weighted by atomic mass is 32.1. The number of ether oxygens (including phenoxy) is 2. The second-order valence-corrected chi connectivity index (χ2v) is 11.9. The molecule has 47 heavy (non-hydrogen) atoms. The summed E-state index contributed by atoms with van der Waals surface area (Å²) in [6, 6.07) is 27.1. The van der Waals surface area contributed by atoms with Crippen LogP contribution in [-0.4, -0.2) is 40.4 Å². The second-order valence-electron chi connectivity index (χ2n) is 10.8. The smallest absolute Gasteiger partial charge is 0.341 e. The first-order valence-electron chi connectivity index (χ1n) is 15.4. The summed E-state index contributed by atoms with van der Waals surface area (Å²) in [5.41, 5.74) is 7.50. The molecule has 1 aliphatic rings. The normalized spacial score (nSPS) is 12.4. The average Bonchev–Trinajstić information content (AvgIpc) is 3.70. The fourth-order valence-corrected chi connectivity index (χ4v) is 6.59. The molecular formula is C36H33N5O5S. The maximum atomic E-state index is 12.9. The molecule has 0 atom stereocenters. The minimum absolute atomic E-state index is 0.209. The molecule has 11 heteroatoms. The molecule has 2 aromatic heterocycles. The fraction of sp³-hybridized carbons (Fsp3) is 0.194. The maximum Gasteiger partial charge on any atom is 0.341 e. The summed E-state index contributed by atoms with van der Waals surface area (Å²) in [4.78, 5) is 39.4. The van der Waals surface area contributed by atoms with Crippen molar-refractivity contribution in [1.29, 1.82) is 0 Å². The summed E-state index contributed by atoms with van der Waals surface area (Å²) < 4.78 is 12.9. The molecule has 0 unspecified atom stereocenters. The fourth-order valence-electron chi connectivity index (χ4n) is 5.31. The third-order valence-corrected chi connectivity index (χ3v) is 8.80. The summed E-state index contributed by atoms with van der Waals surface area (Å²) in [7, 11) is 0. The quantitative estimate of drug-likeness (QED) is 0.0791. The van der Waals surface area contributed by atoms with E-state index in [1.807, 2.05) is 84.9 Å². The molecule has 0 fully saturated rings. The molecule has 0 saturated heterocycles. The second kappa shape index (κ2) is 14.7. The van der Waals surface area contributed by atoms with Gasteiger partial charge in [0.05, 0.1) is 24.1 Å². The first-order chi connectivity index (χ1) is 23.0. The van der Waals surface area contributed by atoms with Gasteiger partial charge in [0.2, 0.25) is 0 Å². The summed E-state index contributed by atoms with van der Waals surface area (Å²) in [5, 5.41) is 11.8. The third kappa shape index (κ3) is 7.47. The van der Waals surface area contributed by atoms with Crippen LogP contribution < -0.4 is 15.5 Å². The standard InChI is InChI=1S/C36H33N5O5S/c1-2-45-36(44)31-29-15-9-10-16-30(29)47-35(31)38-33(42)34(43)39-37-21-26-22-41(27-13-7-4-8-14-27)40-32(26)25-17-19-28(20-18-25)46-23-24-11-5-3-6-12-24/h3-8,11-14,17-22H,2,9-10,15-16,23H2,1H3,(H,38,42)(H,39,43)/b37-21+. The van der Waals surface area contributed by atoms with Gasteiger partial charge in [-0.1, -0.05) is 48.5 Å². The van der Waals surface area contributed by atoms with E-state index in [0.29, 0.717) is 34.2 Å². The molecule has 10 nitrogen and oxygen atoms in total. The topological polar surface area (TPSA) is 124 Å². The predicted octanol–water partition coefficient (Wildman–Crippen LogP) is 6.32. The van der Waals surface area contributed by atoms with Gasteiger partial charge in [-0.05, 0) is 80.1 Å². The summed E-state index contributed by atoms with van der Waals surface area (Å²) in [6.45, 7) is 2.39. The lowest BCUT2D eigenvalue weighted by atomic mass is 9.95. The Morgan fingerprint density at radius 2 is 1.66 bits per heavy atom. The molecule has 6 rings (SSSR count). The highest BCUT2D eigenvalue weighted by Gasteiger charge is 2.28. The number of fused-ring (bicyclic) bond motifs is 1. The van der Waals surface area contributed by atoms with Crippen molar-refractivity contribution in [2.75, 3.05) is 11.9 Å². The summed E-state index contributed by atoms with van der Waals surface area (Å²) >= 11 is 1.31. The van der Waals surface area contributed by atoms with Gasteiger partial charge in [-0.25, -0.2) is 14.9 Å². The molecule has 2 heterocycles. The number of hydrazone groups is 1. The van der Waals surface area contributed by atoms with Gasteiger partial charge in [0.15, 0.2) is 0 Å². The number of carbonyl (C=O) groups excluding carboxylic acids is 3. The van der Waals surface area contributed by atoms with Gasteiger partial charge in [-0.2, -0.15) is 10.2 Å². The molecule has 5 aromatic rings. The van der Waals surface area contributed by atoms with Crippen LogP contribution in [0.15, 0.2) is 96.2 Å². The highest BCUT2D eigenvalue weighted by molar-refractivity contribution is 7.17. The first-order valence-corrected chi connectivity index (χ1v) is 16.2. The van der Waals surface area contributed by atoms with Crippen LogP contribution in [0, 0.1) is 0 Å². The highest BCUT2D eigenvalue weighted by Crippen LogP contribution is 2.38. The van der Waals surface area contributed by atoms with Crippen LogP contribution in [0.25, 0.3) is 16.9 Å². The van der Waals surface area contributed by atoms with Crippen molar-refractivity contribution in [3.05, 3.63) is 118 Å². The number of aromatic nitrogens is 2. The first kappa shape index (κ1) is 31.4. The number of nitrogens with one attached hydrogen (secondary N) is 2. The lowest BCUT2D eigenvalue weighted by molar-refractivity contribution is -0.136. The SMILES string of the molecule is CCOC(=O)c1c(NC(=O)C(=O)N/N=C/c2cn(-c3ccccc3)nc2-c2ccc(OCc3ccccc3)cc2)sc2c1CCCC2. The van der Waals surface area contributed by atoms with Gasteiger partial charge in [0.25, 0.3) is 0 Å². The van der Waals surface area contributed by atoms with E-state index in [-0.39, 0.29) is 6.61 Å². The number of para-hydroxylation sites is 1. The molecule has 1 aliphatic carbocycles. The van der Waals surface area contributed by atoms with Gasteiger partial charge >= 0.3 is 17.8 Å². The molecule has 0 radical (unpaired) electrons. The summed E-state index contributed by atoms with van der Waals surface area (Å²) in [5.74, 6) is -1.69. The Morgan fingerprint density at radius 1 is 0.936 bits per heavy atom. The van der Waals surface area contributed by atoms with Crippen LogP contribution in [0.4, 0.5) is 5.00 Å². The Bertz CT molecular complexity index is 1900. The zero-order valence-corrected chi connectivity index (χ0v) is 26.6. The molecule has 2 amide bonds. The number of benzene rings is 3. The molecule has 3 aromatic carbocycles. The average molecular weight is 648 g/mol. The molecule has 0 saturated carbocycles. The van der Waals surface area contributed by atoms with E-state index in [2.05, 4.69) is 15.8 Å². The zero-order valence-electron chi connectivity index (χ0n) is 25.8. The van der Waals surface area contributed by atoms with E-state index in [1.54, 1.807) is 17.8 Å². The Hall–Kier alpha value is -5.55. The number of hydrogen-bond acceptors (Lipinski definition) is 8. The van der Waals surface area contributed by atoms with Gasteiger partial charge in [0, 0.05) is 22.2 Å². The van der Waals surface area contributed by atoms with Crippen molar-refractivity contribution in [2.45, 2.75) is 39.2 Å². The number of rotatable bonds is 10. The molecule has 238 valence electrons. The predicted molar refractivity (Wildman–Crippen MR) is 181 cm³/mol. The van der Waals surface area contributed by atoms with Crippen LogP contribution in [-0.2, 0) is 33.8 Å². The Balaban J connectivity index is 1.17. The van der Waals surface area contributed by atoms with E-state index in [1.165, 1.54) is 17.6 Å². The van der Waals surface area contributed by atoms with Crippen molar-refractivity contribution >= 4 is 40.3 Å². The third-order valence-electron chi connectivity index (χ3n) is 7.59. The number of hydrogen-bond donors (Lipinski definition) is 2. The van der Waals surface area contributed by atoms with Gasteiger partial charge in [-0.15, -0.1) is 11.3 Å². The Labute approximate surface area is 276 Å². The Kier molecular flexibility index (Phi) is 9.83. The molecule has 0 spiro atoms. The van der Waals surface area contributed by atoms with Crippen LogP contribution in [0.1, 0.15) is 51.7 Å². The number of nitrogens with zero attached hydrogens (tertiary/aromatic N) is 3. The van der Waals surface area contributed by atoms with Crippen LogP contribution in [0.2, 0.25) is 0 Å². The summed E-state index contributed by atoms with van der Waals surface area (Å²) in [6.07, 6.45) is 6.75.